The largest absolute Gasteiger partial charge is 0.456 e. The van der Waals surface area contributed by atoms with E-state index in [9.17, 15) is 9.59 Å². The van der Waals surface area contributed by atoms with Gasteiger partial charge in [-0.2, -0.15) is 5.26 Å². The SMILES string of the molecule is CC(=O)N/C(=C/c1ccccc1)C(=O)OCc1ccc(C#N)cc1. The summed E-state index contributed by atoms with van der Waals surface area (Å²) in [6.45, 7) is 1.38. The highest BCUT2D eigenvalue weighted by Gasteiger charge is 2.13. The fourth-order valence-corrected chi connectivity index (χ4v) is 1.95. The Balaban J connectivity index is 2.08. The van der Waals surface area contributed by atoms with Crippen LogP contribution in [0.2, 0.25) is 0 Å². The number of rotatable bonds is 5. The van der Waals surface area contributed by atoms with Crippen molar-refractivity contribution in [2.45, 2.75) is 13.5 Å². The molecule has 2 aromatic carbocycles. The molecule has 120 valence electrons. The summed E-state index contributed by atoms with van der Waals surface area (Å²) >= 11 is 0. The van der Waals surface area contributed by atoms with Crippen molar-refractivity contribution in [3.05, 3.63) is 77.0 Å². The minimum atomic E-state index is -0.626. The summed E-state index contributed by atoms with van der Waals surface area (Å²) in [4.78, 5) is 23.5. The van der Waals surface area contributed by atoms with E-state index >= 15 is 0 Å². The lowest BCUT2D eigenvalue weighted by Crippen LogP contribution is -2.26. The van der Waals surface area contributed by atoms with E-state index in [1.54, 1.807) is 30.3 Å². The number of nitrogens with zero attached hydrogens (tertiary/aromatic N) is 1. The van der Waals surface area contributed by atoms with E-state index in [1.807, 2.05) is 36.4 Å². The van der Waals surface area contributed by atoms with Crippen molar-refractivity contribution in [1.82, 2.24) is 5.32 Å². The van der Waals surface area contributed by atoms with Crippen LogP contribution >= 0.6 is 0 Å². The fourth-order valence-electron chi connectivity index (χ4n) is 1.95. The smallest absolute Gasteiger partial charge is 0.355 e. The van der Waals surface area contributed by atoms with E-state index < -0.39 is 5.97 Å². The first kappa shape index (κ1) is 17.0. The number of hydrogen-bond donors (Lipinski definition) is 1. The van der Waals surface area contributed by atoms with Crippen LogP contribution in [0.4, 0.5) is 0 Å². The molecule has 5 nitrogen and oxygen atoms in total. The third-order valence-electron chi connectivity index (χ3n) is 3.09. The van der Waals surface area contributed by atoms with E-state index in [4.69, 9.17) is 10.00 Å². The maximum Gasteiger partial charge on any atom is 0.355 e. The summed E-state index contributed by atoms with van der Waals surface area (Å²) in [7, 11) is 0. The van der Waals surface area contributed by atoms with Gasteiger partial charge in [-0.15, -0.1) is 0 Å². The predicted octanol–water partition coefficient (Wildman–Crippen LogP) is 2.78. The average molecular weight is 320 g/mol. The summed E-state index contributed by atoms with van der Waals surface area (Å²) in [5.74, 6) is -0.981. The molecule has 0 aliphatic heterocycles. The molecule has 0 atom stereocenters. The number of hydrogen-bond acceptors (Lipinski definition) is 4. The van der Waals surface area contributed by atoms with Crippen LogP contribution in [-0.4, -0.2) is 11.9 Å². The van der Waals surface area contributed by atoms with E-state index in [1.165, 1.54) is 6.92 Å². The molecular weight excluding hydrogens is 304 g/mol. The first-order chi connectivity index (χ1) is 11.6. The number of carbonyl (C=O) groups excluding carboxylic acids is 2. The lowest BCUT2D eigenvalue weighted by molar-refractivity contribution is -0.141. The molecule has 2 aromatic rings. The summed E-state index contributed by atoms with van der Waals surface area (Å²) in [5, 5.41) is 11.2. The monoisotopic (exact) mass is 320 g/mol. The number of esters is 1. The van der Waals surface area contributed by atoms with Crippen molar-refractivity contribution in [2.75, 3.05) is 0 Å². The van der Waals surface area contributed by atoms with E-state index in [0.717, 1.165) is 11.1 Å². The molecule has 0 radical (unpaired) electrons. The number of nitriles is 1. The van der Waals surface area contributed by atoms with Gasteiger partial charge in [-0.05, 0) is 29.3 Å². The molecule has 0 spiro atoms. The summed E-state index contributed by atoms with van der Waals surface area (Å²) in [5.41, 5.74) is 2.14. The molecule has 0 aromatic heterocycles. The fraction of sp³-hybridized carbons (Fsp3) is 0.105. The van der Waals surface area contributed by atoms with Gasteiger partial charge in [-0.1, -0.05) is 42.5 Å². The van der Waals surface area contributed by atoms with E-state index in [2.05, 4.69) is 5.32 Å². The first-order valence-electron chi connectivity index (χ1n) is 7.29. The van der Waals surface area contributed by atoms with Crippen LogP contribution in [-0.2, 0) is 20.9 Å². The van der Waals surface area contributed by atoms with Crippen molar-refractivity contribution < 1.29 is 14.3 Å². The van der Waals surface area contributed by atoms with E-state index in [0.29, 0.717) is 5.56 Å². The zero-order valence-corrected chi connectivity index (χ0v) is 13.2. The molecule has 0 fully saturated rings. The van der Waals surface area contributed by atoms with Gasteiger partial charge in [-0.25, -0.2) is 4.79 Å². The molecule has 0 saturated heterocycles. The molecule has 0 unspecified atom stereocenters. The quantitative estimate of drug-likeness (QED) is 0.678. The Morgan fingerprint density at radius 3 is 2.38 bits per heavy atom. The number of nitrogens with one attached hydrogen (secondary N) is 1. The number of carbonyl (C=O) groups is 2. The van der Waals surface area contributed by atoms with Crippen molar-refractivity contribution >= 4 is 18.0 Å². The van der Waals surface area contributed by atoms with Gasteiger partial charge >= 0.3 is 5.97 Å². The molecule has 0 bridgehead atoms. The van der Waals surface area contributed by atoms with Gasteiger partial charge in [0.15, 0.2) is 0 Å². The summed E-state index contributed by atoms with van der Waals surface area (Å²) in [6.07, 6.45) is 1.56. The minimum absolute atomic E-state index is 0.0518. The Morgan fingerprint density at radius 2 is 1.79 bits per heavy atom. The number of amides is 1. The van der Waals surface area contributed by atoms with Crippen molar-refractivity contribution in [3.63, 3.8) is 0 Å². The highest BCUT2D eigenvalue weighted by atomic mass is 16.5. The molecule has 2 rings (SSSR count). The molecule has 0 heterocycles. The molecular formula is C19H16N2O3. The Hall–Kier alpha value is -3.39. The van der Waals surface area contributed by atoms with Crippen LogP contribution in [0.5, 0.6) is 0 Å². The Labute approximate surface area is 140 Å². The maximum absolute atomic E-state index is 12.2. The average Bonchev–Trinajstić information content (AvgIpc) is 2.60. The van der Waals surface area contributed by atoms with Crippen LogP contribution in [0.15, 0.2) is 60.3 Å². The second-order valence-electron chi connectivity index (χ2n) is 5.03. The molecule has 5 heteroatoms. The Kier molecular flexibility index (Phi) is 5.87. The van der Waals surface area contributed by atoms with Crippen molar-refractivity contribution in [3.8, 4) is 6.07 Å². The lowest BCUT2D eigenvalue weighted by atomic mass is 10.1. The summed E-state index contributed by atoms with van der Waals surface area (Å²) < 4.78 is 5.23. The second kappa shape index (κ2) is 8.30. The maximum atomic E-state index is 12.2. The molecule has 24 heavy (non-hydrogen) atoms. The highest BCUT2D eigenvalue weighted by Crippen LogP contribution is 2.09. The minimum Gasteiger partial charge on any atom is -0.456 e. The van der Waals surface area contributed by atoms with Gasteiger partial charge in [0, 0.05) is 6.92 Å². The third kappa shape index (κ3) is 5.11. The van der Waals surface area contributed by atoms with E-state index in [-0.39, 0.29) is 18.2 Å². The predicted molar refractivity (Wildman–Crippen MR) is 89.2 cm³/mol. The van der Waals surface area contributed by atoms with Gasteiger partial charge in [0.2, 0.25) is 5.91 Å². The molecule has 1 amide bonds. The van der Waals surface area contributed by atoms with Crippen LogP contribution in [0.25, 0.3) is 6.08 Å². The second-order valence-corrected chi connectivity index (χ2v) is 5.03. The third-order valence-corrected chi connectivity index (χ3v) is 3.09. The topological polar surface area (TPSA) is 79.2 Å². The van der Waals surface area contributed by atoms with Crippen molar-refractivity contribution in [2.24, 2.45) is 0 Å². The molecule has 0 aliphatic carbocycles. The van der Waals surface area contributed by atoms with Gasteiger partial charge in [0.25, 0.3) is 0 Å². The number of benzene rings is 2. The zero-order valence-electron chi connectivity index (χ0n) is 13.2. The summed E-state index contributed by atoms with van der Waals surface area (Å²) in [6, 6.07) is 17.9. The Bertz CT molecular complexity index is 788. The Morgan fingerprint density at radius 1 is 1.12 bits per heavy atom. The first-order valence-corrected chi connectivity index (χ1v) is 7.29. The van der Waals surface area contributed by atoms with Gasteiger partial charge in [0.05, 0.1) is 11.6 Å². The van der Waals surface area contributed by atoms with Crippen LogP contribution in [0.1, 0.15) is 23.6 Å². The van der Waals surface area contributed by atoms with Gasteiger partial charge in [-0.3, -0.25) is 4.79 Å². The lowest BCUT2D eigenvalue weighted by Gasteiger charge is -2.09. The standard InChI is InChI=1S/C19H16N2O3/c1-14(22)21-18(11-15-5-3-2-4-6-15)19(23)24-13-17-9-7-16(12-20)8-10-17/h2-11H,13H2,1H3,(H,21,22)/b18-11+. The van der Waals surface area contributed by atoms with Crippen LogP contribution in [0, 0.1) is 11.3 Å². The van der Waals surface area contributed by atoms with Crippen molar-refractivity contribution in [1.29, 1.82) is 5.26 Å². The number of ether oxygens (including phenoxy) is 1. The molecule has 0 saturated carbocycles. The highest BCUT2D eigenvalue weighted by molar-refractivity contribution is 5.97. The van der Waals surface area contributed by atoms with Gasteiger partial charge < -0.3 is 10.1 Å². The van der Waals surface area contributed by atoms with Crippen LogP contribution in [0.3, 0.4) is 0 Å². The zero-order chi connectivity index (χ0) is 17.4. The van der Waals surface area contributed by atoms with Gasteiger partial charge in [0.1, 0.15) is 12.3 Å². The van der Waals surface area contributed by atoms with Crippen LogP contribution < -0.4 is 5.32 Å². The molecule has 1 N–H and O–H groups in total. The molecule has 0 aliphatic rings. The normalized spacial score (nSPS) is 10.6.